The van der Waals surface area contributed by atoms with Gasteiger partial charge in [-0.1, -0.05) is 71.5 Å². The highest BCUT2D eigenvalue weighted by Crippen LogP contribution is 2.55. The molecule has 25 heavy (non-hydrogen) atoms. The summed E-state index contributed by atoms with van der Waals surface area (Å²) in [4.78, 5) is 1.19. The molecule has 3 nitrogen and oxygen atoms in total. The lowest BCUT2D eigenvalue weighted by atomic mass is 10.1. The molecule has 0 unspecified atom stereocenters. The Hall–Kier alpha value is -0.753. The monoisotopic (exact) mass is 378 g/mol. The van der Waals surface area contributed by atoms with E-state index in [4.69, 9.17) is 13.6 Å². The van der Waals surface area contributed by atoms with Gasteiger partial charge in [-0.2, -0.15) is 0 Å². The van der Waals surface area contributed by atoms with Crippen molar-refractivity contribution >= 4 is 20.3 Å². The molecule has 1 aromatic rings. The molecule has 138 valence electrons. The van der Waals surface area contributed by atoms with Gasteiger partial charge in [0.05, 0.1) is 12.7 Å². The summed E-state index contributed by atoms with van der Waals surface area (Å²) in [6.07, 6.45) is 3.15. The zero-order chi connectivity index (χ0) is 18.3. The minimum Gasteiger partial charge on any atom is -0.479 e. The van der Waals surface area contributed by atoms with Gasteiger partial charge >= 0.3 is 8.56 Å². The number of rotatable bonds is 2. The second-order valence-electron chi connectivity index (χ2n) is 8.91. The number of ether oxygens (including phenoxy) is 1. The van der Waals surface area contributed by atoms with E-state index < -0.39 is 8.56 Å². The third-order valence-electron chi connectivity index (χ3n) is 4.90. The molecule has 2 aliphatic rings. The van der Waals surface area contributed by atoms with Crippen LogP contribution in [-0.4, -0.2) is 27.4 Å². The standard InChI is InChI=1S/C20H30O3SSi/c1-19(2,3)25(20(4,5)6)21-14-17-16(23-25)12-13-18(22-17)24-15-10-8-7-9-11-15/h7-11,13,16-17H,12,14H2,1-6H3/t16-,17+/m0/s1. The van der Waals surface area contributed by atoms with Gasteiger partial charge in [0, 0.05) is 15.0 Å². The van der Waals surface area contributed by atoms with Gasteiger partial charge in [-0.05, 0) is 24.6 Å². The lowest BCUT2D eigenvalue weighted by Gasteiger charge is -2.55. The topological polar surface area (TPSA) is 27.7 Å². The molecular formula is C20H30O3SSi. The number of thioether (sulfide) groups is 1. The predicted molar refractivity (Wildman–Crippen MR) is 106 cm³/mol. The molecule has 0 bridgehead atoms. The first kappa shape index (κ1) is 19.0. The van der Waals surface area contributed by atoms with E-state index in [9.17, 15) is 0 Å². The molecule has 2 aliphatic heterocycles. The minimum absolute atomic E-state index is 0.0125. The lowest BCUT2D eigenvalue weighted by Crippen LogP contribution is -2.65. The first-order chi connectivity index (χ1) is 11.6. The van der Waals surface area contributed by atoms with Crippen LogP contribution in [0.25, 0.3) is 0 Å². The van der Waals surface area contributed by atoms with Gasteiger partial charge in [-0.25, -0.2) is 0 Å². The maximum absolute atomic E-state index is 6.74. The van der Waals surface area contributed by atoms with E-state index in [0.29, 0.717) is 6.61 Å². The molecule has 1 aromatic carbocycles. The van der Waals surface area contributed by atoms with Gasteiger partial charge in [0.15, 0.2) is 5.09 Å². The van der Waals surface area contributed by atoms with E-state index in [1.807, 2.05) is 18.2 Å². The number of hydrogen-bond donors (Lipinski definition) is 0. The van der Waals surface area contributed by atoms with Crippen LogP contribution < -0.4 is 0 Å². The summed E-state index contributed by atoms with van der Waals surface area (Å²) < 4.78 is 19.5. The van der Waals surface area contributed by atoms with E-state index in [-0.39, 0.29) is 22.3 Å². The number of hydrogen-bond acceptors (Lipinski definition) is 4. The SMILES string of the molecule is CC(C)(C)[Si]1(C(C)(C)C)OC[C@H]2OC(Sc3ccccc3)=CC[C@@H]2O1. The normalized spacial score (nSPS) is 26.4. The number of benzene rings is 1. The van der Waals surface area contributed by atoms with Crippen LogP contribution in [0.2, 0.25) is 10.1 Å². The number of fused-ring (bicyclic) bond motifs is 1. The summed E-state index contributed by atoms with van der Waals surface area (Å²) in [5.41, 5.74) is 0. The van der Waals surface area contributed by atoms with Crippen LogP contribution in [0.3, 0.4) is 0 Å². The minimum atomic E-state index is -2.41. The smallest absolute Gasteiger partial charge is 0.349 e. The fraction of sp³-hybridized carbons (Fsp3) is 0.600. The summed E-state index contributed by atoms with van der Waals surface area (Å²) in [6, 6.07) is 10.3. The molecule has 0 aliphatic carbocycles. The molecule has 0 aromatic heterocycles. The van der Waals surface area contributed by atoms with Crippen molar-refractivity contribution in [1.82, 2.24) is 0 Å². The lowest BCUT2D eigenvalue weighted by molar-refractivity contribution is -0.0884. The van der Waals surface area contributed by atoms with Crippen LogP contribution >= 0.6 is 11.8 Å². The Morgan fingerprint density at radius 1 is 0.960 bits per heavy atom. The first-order valence-corrected chi connectivity index (χ1v) is 11.7. The Balaban J connectivity index is 1.76. The molecule has 0 N–H and O–H groups in total. The first-order valence-electron chi connectivity index (χ1n) is 9.04. The Bertz CT molecular complexity index is 617. The zero-order valence-electron chi connectivity index (χ0n) is 16.2. The van der Waals surface area contributed by atoms with Crippen LogP contribution in [0.5, 0.6) is 0 Å². The van der Waals surface area contributed by atoms with Crippen LogP contribution in [0.1, 0.15) is 48.0 Å². The Morgan fingerprint density at radius 3 is 2.20 bits per heavy atom. The van der Waals surface area contributed by atoms with Gasteiger partial charge in [0.1, 0.15) is 6.10 Å². The fourth-order valence-corrected chi connectivity index (χ4v) is 9.77. The van der Waals surface area contributed by atoms with E-state index >= 15 is 0 Å². The molecule has 0 amide bonds. The van der Waals surface area contributed by atoms with E-state index in [1.54, 1.807) is 11.8 Å². The second kappa shape index (κ2) is 6.76. The largest absolute Gasteiger partial charge is 0.479 e. The van der Waals surface area contributed by atoms with Crippen molar-refractivity contribution in [3.63, 3.8) is 0 Å². The average Bonchev–Trinajstić information content (AvgIpc) is 2.53. The molecule has 1 saturated heterocycles. The third kappa shape index (κ3) is 3.70. The van der Waals surface area contributed by atoms with Crippen molar-refractivity contribution in [2.24, 2.45) is 0 Å². The molecule has 0 radical (unpaired) electrons. The molecule has 3 rings (SSSR count). The van der Waals surface area contributed by atoms with Crippen molar-refractivity contribution in [3.05, 3.63) is 41.5 Å². The maximum Gasteiger partial charge on any atom is 0.349 e. The van der Waals surface area contributed by atoms with Gasteiger partial charge in [0.25, 0.3) is 0 Å². The molecule has 2 heterocycles. The van der Waals surface area contributed by atoms with E-state index in [0.717, 1.165) is 11.5 Å². The third-order valence-corrected chi connectivity index (χ3v) is 11.0. The van der Waals surface area contributed by atoms with Gasteiger partial charge in [-0.3, -0.25) is 0 Å². The summed E-state index contributed by atoms with van der Waals surface area (Å²) in [7, 11) is -2.41. The van der Waals surface area contributed by atoms with Crippen molar-refractivity contribution in [2.45, 2.75) is 75.1 Å². The van der Waals surface area contributed by atoms with Crippen molar-refractivity contribution in [2.75, 3.05) is 6.61 Å². The quantitative estimate of drug-likeness (QED) is 0.602. The summed E-state index contributed by atoms with van der Waals surface area (Å²) in [6.45, 7) is 14.1. The Kier molecular flexibility index (Phi) is 5.15. The maximum atomic E-state index is 6.74. The van der Waals surface area contributed by atoms with Crippen LogP contribution in [0, 0.1) is 0 Å². The highest BCUT2D eigenvalue weighted by molar-refractivity contribution is 8.02. The summed E-state index contributed by atoms with van der Waals surface area (Å²) in [5.74, 6) is 0. The highest BCUT2D eigenvalue weighted by atomic mass is 32.2. The van der Waals surface area contributed by atoms with Gasteiger partial charge < -0.3 is 13.6 Å². The Labute approximate surface area is 157 Å². The summed E-state index contributed by atoms with van der Waals surface area (Å²) >= 11 is 1.67. The molecule has 5 heteroatoms. The van der Waals surface area contributed by atoms with Crippen molar-refractivity contribution < 1.29 is 13.6 Å². The van der Waals surface area contributed by atoms with E-state index in [1.165, 1.54) is 4.90 Å². The van der Waals surface area contributed by atoms with Gasteiger partial charge in [0.2, 0.25) is 0 Å². The van der Waals surface area contributed by atoms with Crippen molar-refractivity contribution in [1.29, 1.82) is 0 Å². The molecule has 2 atom stereocenters. The molecule has 0 spiro atoms. The fourth-order valence-electron chi connectivity index (χ4n) is 3.93. The second-order valence-corrected chi connectivity index (χ2v) is 14.7. The molecular weight excluding hydrogens is 348 g/mol. The van der Waals surface area contributed by atoms with Crippen molar-refractivity contribution in [3.8, 4) is 0 Å². The molecule has 1 fully saturated rings. The average molecular weight is 379 g/mol. The highest BCUT2D eigenvalue weighted by Gasteiger charge is 2.62. The van der Waals surface area contributed by atoms with Crippen LogP contribution in [0.15, 0.2) is 46.4 Å². The zero-order valence-corrected chi connectivity index (χ0v) is 18.0. The van der Waals surface area contributed by atoms with E-state index in [2.05, 4.69) is 59.8 Å². The Morgan fingerprint density at radius 2 is 1.60 bits per heavy atom. The van der Waals surface area contributed by atoms with Crippen LogP contribution in [0.4, 0.5) is 0 Å². The molecule has 0 saturated carbocycles. The van der Waals surface area contributed by atoms with Crippen LogP contribution in [-0.2, 0) is 13.6 Å². The summed E-state index contributed by atoms with van der Waals surface area (Å²) in [5, 5.41) is 0.984. The van der Waals surface area contributed by atoms with Gasteiger partial charge in [-0.15, -0.1) is 0 Å². The predicted octanol–water partition coefficient (Wildman–Crippen LogP) is 5.87.